The molecule has 0 aliphatic carbocycles. The molecule has 2 rings (SSSR count). The molecule has 1 heterocycles. The molecule has 16 heavy (non-hydrogen) atoms. The molecule has 4 nitrogen and oxygen atoms in total. The highest BCUT2D eigenvalue weighted by molar-refractivity contribution is 5.71. The van der Waals surface area contributed by atoms with Crippen LogP contribution in [0.2, 0.25) is 0 Å². The van der Waals surface area contributed by atoms with E-state index in [1.54, 1.807) is 13.4 Å². The molecule has 0 spiro atoms. The predicted molar refractivity (Wildman–Crippen MR) is 61.1 cm³/mol. The highest BCUT2D eigenvalue weighted by Crippen LogP contribution is 2.33. The van der Waals surface area contributed by atoms with Crippen LogP contribution in [-0.4, -0.2) is 12.3 Å². The molecule has 0 amide bonds. The van der Waals surface area contributed by atoms with Gasteiger partial charge in [0.1, 0.15) is 17.7 Å². The van der Waals surface area contributed by atoms with Gasteiger partial charge in [0, 0.05) is 17.2 Å². The van der Waals surface area contributed by atoms with E-state index >= 15 is 0 Å². The molecule has 1 atom stereocenters. The predicted octanol–water partition coefficient (Wildman–Crippen LogP) is 2.37. The lowest BCUT2D eigenvalue weighted by Gasteiger charge is -2.08. The topological polar surface area (TPSA) is 61.3 Å². The molecule has 2 aromatic rings. The first-order valence-corrected chi connectivity index (χ1v) is 5.07. The maximum absolute atomic E-state index is 5.82. The van der Waals surface area contributed by atoms with Gasteiger partial charge in [-0.25, -0.2) is 0 Å². The van der Waals surface area contributed by atoms with Crippen LogP contribution < -0.4 is 10.5 Å². The Morgan fingerprint density at radius 1 is 1.31 bits per heavy atom. The zero-order valence-corrected chi connectivity index (χ0v) is 9.31. The molecule has 0 saturated carbocycles. The van der Waals surface area contributed by atoms with Crippen molar-refractivity contribution in [1.29, 1.82) is 0 Å². The van der Waals surface area contributed by atoms with Gasteiger partial charge in [-0.05, 0) is 13.0 Å². The van der Waals surface area contributed by atoms with Crippen molar-refractivity contribution in [2.75, 3.05) is 7.11 Å². The van der Waals surface area contributed by atoms with Crippen LogP contribution in [-0.2, 0) is 0 Å². The molecule has 0 saturated heterocycles. The minimum atomic E-state index is -0.168. The van der Waals surface area contributed by atoms with Crippen molar-refractivity contribution in [1.82, 2.24) is 5.16 Å². The van der Waals surface area contributed by atoms with Gasteiger partial charge in [-0.1, -0.05) is 23.4 Å². The van der Waals surface area contributed by atoms with Crippen LogP contribution in [0.3, 0.4) is 0 Å². The van der Waals surface area contributed by atoms with Gasteiger partial charge in [0.05, 0.1) is 7.11 Å². The molecule has 1 aromatic heterocycles. The summed E-state index contributed by atoms with van der Waals surface area (Å²) in [5.41, 5.74) is 8.39. The fourth-order valence-electron chi connectivity index (χ4n) is 1.64. The number of hydrogen-bond acceptors (Lipinski definition) is 4. The lowest BCUT2D eigenvalue weighted by atomic mass is 10.0. The van der Waals surface area contributed by atoms with Crippen LogP contribution in [0.5, 0.6) is 5.75 Å². The average Bonchev–Trinajstić information content (AvgIpc) is 2.77. The van der Waals surface area contributed by atoms with E-state index in [1.807, 2.05) is 31.2 Å². The van der Waals surface area contributed by atoms with Gasteiger partial charge in [0.2, 0.25) is 0 Å². The third-order valence-electron chi connectivity index (χ3n) is 2.43. The maximum atomic E-state index is 5.82. The highest BCUT2D eigenvalue weighted by Gasteiger charge is 2.16. The Morgan fingerprint density at radius 2 is 2.06 bits per heavy atom. The number of para-hydroxylation sites is 1. The van der Waals surface area contributed by atoms with Gasteiger partial charge < -0.3 is 15.0 Å². The highest BCUT2D eigenvalue weighted by atomic mass is 16.5. The number of rotatable bonds is 3. The van der Waals surface area contributed by atoms with Gasteiger partial charge in [-0.3, -0.25) is 0 Å². The summed E-state index contributed by atoms with van der Waals surface area (Å²) >= 11 is 0. The van der Waals surface area contributed by atoms with E-state index < -0.39 is 0 Å². The third-order valence-corrected chi connectivity index (χ3v) is 2.43. The third kappa shape index (κ3) is 1.79. The first kappa shape index (κ1) is 10.7. The summed E-state index contributed by atoms with van der Waals surface area (Å²) in [6.45, 7) is 1.87. The minimum absolute atomic E-state index is 0.168. The average molecular weight is 218 g/mol. The van der Waals surface area contributed by atoms with Gasteiger partial charge in [0.15, 0.2) is 0 Å². The zero-order valence-electron chi connectivity index (χ0n) is 9.31. The summed E-state index contributed by atoms with van der Waals surface area (Å²) in [4.78, 5) is 0. The number of hydrogen-bond donors (Lipinski definition) is 1. The summed E-state index contributed by atoms with van der Waals surface area (Å²) in [5.74, 6) is 0.785. The minimum Gasteiger partial charge on any atom is -0.496 e. The largest absolute Gasteiger partial charge is 0.496 e. The Kier molecular flexibility index (Phi) is 2.92. The van der Waals surface area contributed by atoms with Crippen molar-refractivity contribution in [3.8, 4) is 16.9 Å². The first-order valence-electron chi connectivity index (χ1n) is 5.07. The normalized spacial score (nSPS) is 12.4. The van der Waals surface area contributed by atoms with Crippen LogP contribution in [0.15, 0.2) is 35.1 Å². The van der Waals surface area contributed by atoms with Crippen molar-refractivity contribution in [3.05, 3.63) is 36.2 Å². The molecular formula is C12H14N2O2. The second kappa shape index (κ2) is 4.37. The summed E-state index contributed by atoms with van der Waals surface area (Å²) in [6, 6.07) is 7.54. The van der Waals surface area contributed by atoms with Crippen LogP contribution in [0.4, 0.5) is 0 Å². The monoisotopic (exact) mass is 218 g/mol. The summed E-state index contributed by atoms with van der Waals surface area (Å²) in [5, 5.41) is 3.91. The lowest BCUT2D eigenvalue weighted by molar-refractivity contribution is 0.407. The number of benzene rings is 1. The lowest BCUT2D eigenvalue weighted by Crippen LogP contribution is -2.06. The van der Waals surface area contributed by atoms with Gasteiger partial charge in [-0.2, -0.15) is 0 Å². The van der Waals surface area contributed by atoms with Crippen molar-refractivity contribution in [2.45, 2.75) is 13.0 Å². The van der Waals surface area contributed by atoms with Gasteiger partial charge >= 0.3 is 0 Å². The Bertz CT molecular complexity index is 477. The molecule has 4 heteroatoms. The van der Waals surface area contributed by atoms with Gasteiger partial charge in [0.25, 0.3) is 0 Å². The number of methoxy groups -OCH3 is 1. The van der Waals surface area contributed by atoms with Crippen LogP contribution in [0.25, 0.3) is 11.1 Å². The van der Waals surface area contributed by atoms with Crippen molar-refractivity contribution >= 4 is 0 Å². The Balaban J connectivity index is 2.54. The van der Waals surface area contributed by atoms with E-state index in [0.717, 1.165) is 22.6 Å². The maximum Gasteiger partial charge on any atom is 0.132 e. The molecule has 0 bridgehead atoms. The van der Waals surface area contributed by atoms with Gasteiger partial charge in [-0.15, -0.1) is 0 Å². The van der Waals surface area contributed by atoms with Crippen LogP contribution >= 0.6 is 0 Å². The summed E-state index contributed by atoms with van der Waals surface area (Å²) in [6.07, 6.45) is 1.59. The molecular weight excluding hydrogens is 204 g/mol. The Morgan fingerprint density at radius 3 is 2.75 bits per heavy atom. The molecule has 1 unspecified atom stereocenters. The number of ether oxygens (including phenoxy) is 1. The molecule has 0 aliphatic heterocycles. The summed E-state index contributed by atoms with van der Waals surface area (Å²) in [7, 11) is 1.64. The van der Waals surface area contributed by atoms with E-state index in [2.05, 4.69) is 5.16 Å². The van der Waals surface area contributed by atoms with E-state index in [9.17, 15) is 0 Å². The molecule has 84 valence electrons. The van der Waals surface area contributed by atoms with E-state index in [0.29, 0.717) is 0 Å². The standard InChI is InChI=1S/C12H14N2O2/c1-8(13)12-10(7-16-14-12)9-5-3-4-6-11(9)15-2/h3-8H,13H2,1-2H3. The molecule has 0 radical (unpaired) electrons. The van der Waals surface area contributed by atoms with E-state index in [-0.39, 0.29) is 6.04 Å². The van der Waals surface area contributed by atoms with Crippen molar-refractivity contribution in [3.63, 3.8) is 0 Å². The Labute approximate surface area is 94.0 Å². The molecule has 2 N–H and O–H groups in total. The van der Waals surface area contributed by atoms with E-state index in [1.165, 1.54) is 0 Å². The van der Waals surface area contributed by atoms with Crippen LogP contribution in [0.1, 0.15) is 18.7 Å². The SMILES string of the molecule is COc1ccccc1-c1conc1C(C)N. The van der Waals surface area contributed by atoms with Crippen molar-refractivity contribution in [2.24, 2.45) is 5.73 Å². The van der Waals surface area contributed by atoms with E-state index in [4.69, 9.17) is 15.0 Å². The summed E-state index contributed by atoms with van der Waals surface area (Å²) < 4.78 is 10.3. The number of nitrogens with zero attached hydrogens (tertiary/aromatic N) is 1. The molecule has 0 aliphatic rings. The van der Waals surface area contributed by atoms with Crippen LogP contribution in [0, 0.1) is 0 Å². The quantitative estimate of drug-likeness (QED) is 0.859. The fourth-order valence-corrected chi connectivity index (χ4v) is 1.64. The molecule has 0 fully saturated rings. The molecule has 1 aromatic carbocycles. The fraction of sp³-hybridized carbons (Fsp3) is 0.250. The second-order valence-corrected chi connectivity index (χ2v) is 3.60. The number of nitrogens with two attached hydrogens (primary N) is 1. The smallest absolute Gasteiger partial charge is 0.132 e. The van der Waals surface area contributed by atoms with Crippen molar-refractivity contribution < 1.29 is 9.26 Å². The number of aromatic nitrogens is 1. The Hall–Kier alpha value is -1.81. The zero-order chi connectivity index (χ0) is 11.5. The second-order valence-electron chi connectivity index (χ2n) is 3.60. The first-order chi connectivity index (χ1) is 7.74.